The van der Waals surface area contributed by atoms with Crippen LogP contribution in [0.1, 0.15) is 12.8 Å². The van der Waals surface area contributed by atoms with Gasteiger partial charge in [-0.3, -0.25) is 4.79 Å². The van der Waals surface area contributed by atoms with Crippen molar-refractivity contribution in [1.82, 2.24) is 5.32 Å². The highest BCUT2D eigenvalue weighted by Gasteiger charge is 2.21. The minimum absolute atomic E-state index is 0.0891. The number of anilines is 1. The van der Waals surface area contributed by atoms with E-state index in [-0.39, 0.29) is 11.8 Å². The average Bonchev–Trinajstić information content (AvgIpc) is 2.47. The molecule has 2 N–H and O–H groups in total. The van der Waals surface area contributed by atoms with E-state index in [1.807, 2.05) is 30.3 Å². The molecule has 3 nitrogen and oxygen atoms in total. The molecule has 1 aromatic carbocycles. The van der Waals surface area contributed by atoms with Gasteiger partial charge >= 0.3 is 0 Å². The first-order valence-corrected chi connectivity index (χ1v) is 7.64. The van der Waals surface area contributed by atoms with Crippen LogP contribution in [0, 0.1) is 5.92 Å². The molecule has 4 heteroatoms. The number of rotatable bonds is 5. The fourth-order valence-corrected chi connectivity index (χ4v) is 2.90. The molecule has 0 spiro atoms. The number of benzene rings is 1. The maximum absolute atomic E-state index is 12.2. The van der Waals surface area contributed by atoms with Crippen LogP contribution in [0.2, 0.25) is 0 Å². The van der Waals surface area contributed by atoms with Crippen LogP contribution in [-0.4, -0.2) is 24.7 Å². The molecule has 0 saturated carbocycles. The van der Waals surface area contributed by atoms with Crippen molar-refractivity contribution >= 4 is 23.4 Å². The van der Waals surface area contributed by atoms with E-state index in [9.17, 15) is 4.79 Å². The first kappa shape index (κ1) is 14.2. The fourth-order valence-electron chi connectivity index (χ4n) is 2.15. The van der Waals surface area contributed by atoms with Crippen LogP contribution in [0.25, 0.3) is 0 Å². The highest BCUT2D eigenvalue weighted by atomic mass is 32.2. The third-order valence-electron chi connectivity index (χ3n) is 3.17. The van der Waals surface area contributed by atoms with Crippen molar-refractivity contribution in [3.8, 4) is 0 Å². The molecule has 0 aromatic heterocycles. The van der Waals surface area contributed by atoms with E-state index in [4.69, 9.17) is 0 Å². The molecule has 2 rings (SSSR count). The summed E-state index contributed by atoms with van der Waals surface area (Å²) < 4.78 is 0. The van der Waals surface area contributed by atoms with Crippen molar-refractivity contribution in [2.75, 3.05) is 24.2 Å². The number of para-hydroxylation sites is 1. The zero-order valence-electron chi connectivity index (χ0n) is 11.0. The number of piperidine rings is 1. The molecule has 0 unspecified atom stereocenters. The maximum Gasteiger partial charge on any atom is 0.228 e. The topological polar surface area (TPSA) is 41.1 Å². The summed E-state index contributed by atoms with van der Waals surface area (Å²) >= 11 is 1.69. The lowest BCUT2D eigenvalue weighted by Crippen LogP contribution is -2.37. The molecule has 1 heterocycles. The molecule has 1 amide bonds. The highest BCUT2D eigenvalue weighted by molar-refractivity contribution is 7.99. The van der Waals surface area contributed by atoms with Gasteiger partial charge in [-0.2, -0.15) is 0 Å². The Bertz CT molecular complexity index is 442. The summed E-state index contributed by atoms with van der Waals surface area (Å²) in [6.45, 7) is 5.53. The highest BCUT2D eigenvalue weighted by Crippen LogP contribution is 2.27. The Kier molecular flexibility index (Phi) is 5.48. The van der Waals surface area contributed by atoms with Crippen LogP contribution < -0.4 is 10.6 Å². The normalized spacial score (nSPS) is 18.8. The maximum atomic E-state index is 12.2. The second-order valence-corrected chi connectivity index (χ2v) is 5.69. The van der Waals surface area contributed by atoms with Crippen molar-refractivity contribution in [3.63, 3.8) is 0 Å². The van der Waals surface area contributed by atoms with Gasteiger partial charge in [0.25, 0.3) is 0 Å². The van der Waals surface area contributed by atoms with E-state index in [0.717, 1.165) is 42.3 Å². The minimum atomic E-state index is 0.0891. The number of hydrogen-bond donors (Lipinski definition) is 2. The first-order valence-electron chi connectivity index (χ1n) is 6.65. The Hall–Kier alpha value is -1.26. The van der Waals surface area contributed by atoms with Crippen LogP contribution in [0.3, 0.4) is 0 Å². The fraction of sp³-hybridized carbons (Fsp3) is 0.400. The third-order valence-corrected chi connectivity index (χ3v) is 4.24. The van der Waals surface area contributed by atoms with Gasteiger partial charge in [0.15, 0.2) is 0 Å². The molecule has 1 aromatic rings. The van der Waals surface area contributed by atoms with Crippen molar-refractivity contribution in [3.05, 3.63) is 36.9 Å². The second kappa shape index (κ2) is 7.36. The molecule has 102 valence electrons. The summed E-state index contributed by atoms with van der Waals surface area (Å²) in [4.78, 5) is 13.3. The van der Waals surface area contributed by atoms with Crippen LogP contribution >= 0.6 is 11.8 Å². The SMILES string of the molecule is C=CCSc1ccccc1NC(=O)[C@H]1CCCNC1. The zero-order valence-corrected chi connectivity index (χ0v) is 11.8. The summed E-state index contributed by atoms with van der Waals surface area (Å²) in [5.41, 5.74) is 0.907. The Morgan fingerprint density at radius 1 is 1.53 bits per heavy atom. The van der Waals surface area contributed by atoms with Gasteiger partial charge in [0.1, 0.15) is 0 Å². The van der Waals surface area contributed by atoms with Crippen molar-refractivity contribution in [2.45, 2.75) is 17.7 Å². The van der Waals surface area contributed by atoms with Gasteiger partial charge in [-0.25, -0.2) is 0 Å². The standard InChI is InChI=1S/C15H20N2OS/c1-2-10-19-14-8-4-3-7-13(14)17-15(18)12-6-5-9-16-11-12/h2-4,7-8,12,16H,1,5-6,9-11H2,(H,17,18)/t12-/m0/s1. The molecular formula is C15H20N2OS. The molecule has 1 atom stereocenters. The Balaban J connectivity index is 2.00. The molecule has 0 aliphatic carbocycles. The second-order valence-electron chi connectivity index (χ2n) is 4.63. The summed E-state index contributed by atoms with van der Waals surface area (Å²) in [6, 6.07) is 7.93. The lowest BCUT2D eigenvalue weighted by atomic mass is 9.99. The van der Waals surface area contributed by atoms with Crippen molar-refractivity contribution in [2.24, 2.45) is 5.92 Å². The van der Waals surface area contributed by atoms with Gasteiger partial charge in [-0.1, -0.05) is 18.2 Å². The van der Waals surface area contributed by atoms with Crippen molar-refractivity contribution in [1.29, 1.82) is 0 Å². The summed E-state index contributed by atoms with van der Waals surface area (Å²) in [5, 5.41) is 6.33. The van der Waals surface area contributed by atoms with Crippen LogP contribution in [-0.2, 0) is 4.79 Å². The Labute approximate surface area is 118 Å². The van der Waals surface area contributed by atoms with Crippen LogP contribution in [0.4, 0.5) is 5.69 Å². The molecular weight excluding hydrogens is 256 g/mol. The number of carbonyl (C=O) groups is 1. The van der Waals surface area contributed by atoms with E-state index in [1.54, 1.807) is 11.8 Å². The summed E-state index contributed by atoms with van der Waals surface area (Å²) in [7, 11) is 0. The summed E-state index contributed by atoms with van der Waals surface area (Å²) in [6.07, 6.45) is 3.92. The van der Waals surface area contributed by atoms with Crippen molar-refractivity contribution < 1.29 is 4.79 Å². The smallest absolute Gasteiger partial charge is 0.228 e. The molecule has 1 aliphatic heterocycles. The minimum Gasteiger partial charge on any atom is -0.325 e. The zero-order chi connectivity index (χ0) is 13.5. The third kappa shape index (κ3) is 4.11. The quantitative estimate of drug-likeness (QED) is 0.642. The number of hydrogen-bond acceptors (Lipinski definition) is 3. The van der Waals surface area contributed by atoms with E-state index in [0.29, 0.717) is 0 Å². The van der Waals surface area contributed by atoms with Gasteiger partial charge in [0, 0.05) is 17.2 Å². The molecule has 1 aliphatic rings. The van der Waals surface area contributed by atoms with Gasteiger partial charge in [0.2, 0.25) is 5.91 Å². The van der Waals surface area contributed by atoms with Gasteiger partial charge < -0.3 is 10.6 Å². The monoisotopic (exact) mass is 276 g/mol. The molecule has 0 radical (unpaired) electrons. The predicted molar refractivity (Wildman–Crippen MR) is 81.6 cm³/mol. The Morgan fingerprint density at radius 3 is 3.11 bits per heavy atom. The number of amides is 1. The molecule has 1 fully saturated rings. The van der Waals surface area contributed by atoms with Crippen LogP contribution in [0.5, 0.6) is 0 Å². The van der Waals surface area contributed by atoms with Gasteiger partial charge in [-0.05, 0) is 31.5 Å². The lowest BCUT2D eigenvalue weighted by Gasteiger charge is -2.22. The first-order chi connectivity index (χ1) is 9.31. The number of thioether (sulfide) groups is 1. The average molecular weight is 276 g/mol. The van der Waals surface area contributed by atoms with E-state index in [1.165, 1.54) is 0 Å². The van der Waals surface area contributed by atoms with E-state index in [2.05, 4.69) is 17.2 Å². The lowest BCUT2D eigenvalue weighted by molar-refractivity contribution is -0.120. The Morgan fingerprint density at radius 2 is 2.37 bits per heavy atom. The largest absolute Gasteiger partial charge is 0.325 e. The van der Waals surface area contributed by atoms with E-state index >= 15 is 0 Å². The molecule has 0 bridgehead atoms. The number of nitrogens with one attached hydrogen (secondary N) is 2. The number of carbonyl (C=O) groups excluding carboxylic acids is 1. The van der Waals surface area contributed by atoms with E-state index < -0.39 is 0 Å². The summed E-state index contributed by atoms with van der Waals surface area (Å²) in [5.74, 6) is 1.06. The molecule has 19 heavy (non-hydrogen) atoms. The molecule has 1 saturated heterocycles. The van der Waals surface area contributed by atoms with Gasteiger partial charge in [0.05, 0.1) is 11.6 Å². The van der Waals surface area contributed by atoms with Crippen LogP contribution in [0.15, 0.2) is 41.8 Å². The van der Waals surface area contributed by atoms with Gasteiger partial charge in [-0.15, -0.1) is 18.3 Å². The predicted octanol–water partition coefficient (Wildman–Crippen LogP) is 2.90.